The van der Waals surface area contributed by atoms with Crippen LogP contribution < -0.4 is 5.32 Å². The average Bonchev–Trinajstić information content (AvgIpc) is 2.50. The van der Waals surface area contributed by atoms with Crippen molar-refractivity contribution in [2.45, 2.75) is 26.3 Å². The maximum Gasteiger partial charge on any atom is 0.328 e. The van der Waals surface area contributed by atoms with E-state index in [0.717, 1.165) is 0 Å². The summed E-state index contributed by atoms with van der Waals surface area (Å²) in [5.41, 5.74) is -0.0535. The van der Waals surface area contributed by atoms with E-state index >= 15 is 0 Å². The third-order valence-electron chi connectivity index (χ3n) is 3.27. The predicted molar refractivity (Wildman–Crippen MR) is 75.8 cm³/mol. The minimum Gasteiger partial charge on any atom is -0.467 e. The summed E-state index contributed by atoms with van der Waals surface area (Å²) in [6.45, 7) is 3.70. The Hall–Kier alpha value is -2.44. The van der Waals surface area contributed by atoms with Crippen LogP contribution in [0.2, 0.25) is 0 Å². The van der Waals surface area contributed by atoms with E-state index in [9.17, 15) is 19.7 Å². The van der Waals surface area contributed by atoms with Gasteiger partial charge < -0.3 is 10.1 Å². The number of nitro benzene ring substituents is 1. The standard InChI is InChI=1S/C14H18N2O5/c1-4-9(2)12(14(18)21-3)15-13(17)10-6-5-7-11(8-10)16(19)20/h5-9,12H,4H2,1-3H3,(H,15,17)/t9-,12-/m1/s1. The topological polar surface area (TPSA) is 98.5 Å². The number of nitrogens with zero attached hydrogens (tertiary/aromatic N) is 1. The molecule has 0 spiro atoms. The van der Waals surface area contributed by atoms with Crippen molar-refractivity contribution in [3.05, 3.63) is 39.9 Å². The second-order valence-electron chi connectivity index (χ2n) is 4.67. The van der Waals surface area contributed by atoms with Crippen LogP contribution in [-0.2, 0) is 9.53 Å². The first-order valence-electron chi connectivity index (χ1n) is 6.53. The van der Waals surface area contributed by atoms with Gasteiger partial charge in [0.15, 0.2) is 0 Å². The highest BCUT2D eigenvalue weighted by atomic mass is 16.6. The number of carbonyl (C=O) groups excluding carboxylic acids is 2. The van der Waals surface area contributed by atoms with Crippen molar-refractivity contribution >= 4 is 17.6 Å². The van der Waals surface area contributed by atoms with Crippen molar-refractivity contribution in [1.82, 2.24) is 5.32 Å². The van der Waals surface area contributed by atoms with Gasteiger partial charge in [-0.2, -0.15) is 0 Å². The number of non-ortho nitro benzene ring substituents is 1. The molecule has 1 amide bonds. The molecule has 0 aliphatic carbocycles. The fraction of sp³-hybridized carbons (Fsp3) is 0.429. The summed E-state index contributed by atoms with van der Waals surface area (Å²) in [5, 5.41) is 13.3. The smallest absolute Gasteiger partial charge is 0.328 e. The molecule has 0 bridgehead atoms. The van der Waals surface area contributed by atoms with Gasteiger partial charge in [0.05, 0.1) is 12.0 Å². The summed E-state index contributed by atoms with van der Waals surface area (Å²) in [6.07, 6.45) is 0.676. The molecule has 0 aliphatic rings. The number of hydrogen-bond acceptors (Lipinski definition) is 5. The van der Waals surface area contributed by atoms with Gasteiger partial charge in [-0.05, 0) is 12.0 Å². The Morgan fingerprint density at radius 1 is 1.43 bits per heavy atom. The molecule has 7 heteroatoms. The number of benzene rings is 1. The van der Waals surface area contributed by atoms with E-state index < -0.39 is 22.8 Å². The first-order valence-corrected chi connectivity index (χ1v) is 6.53. The van der Waals surface area contributed by atoms with Crippen LogP contribution in [0.5, 0.6) is 0 Å². The second kappa shape index (κ2) is 7.37. The first kappa shape index (κ1) is 16.6. The summed E-state index contributed by atoms with van der Waals surface area (Å²) in [7, 11) is 1.25. The van der Waals surface area contributed by atoms with Gasteiger partial charge in [0.1, 0.15) is 6.04 Å². The lowest BCUT2D eigenvalue weighted by Crippen LogP contribution is -2.45. The Bertz CT molecular complexity index is 544. The number of amides is 1. The Kier molecular flexibility index (Phi) is 5.83. The lowest BCUT2D eigenvalue weighted by molar-refractivity contribution is -0.384. The molecule has 21 heavy (non-hydrogen) atoms. The van der Waals surface area contributed by atoms with Gasteiger partial charge >= 0.3 is 5.97 Å². The molecule has 0 fully saturated rings. The summed E-state index contributed by atoms with van der Waals surface area (Å²) in [4.78, 5) is 34.0. The molecule has 0 aromatic heterocycles. The van der Waals surface area contributed by atoms with E-state index in [4.69, 9.17) is 0 Å². The molecular formula is C14H18N2O5. The molecule has 2 atom stereocenters. The van der Waals surface area contributed by atoms with Crippen LogP contribution >= 0.6 is 0 Å². The van der Waals surface area contributed by atoms with Crippen LogP contribution in [0.25, 0.3) is 0 Å². The molecule has 7 nitrogen and oxygen atoms in total. The molecule has 0 aliphatic heterocycles. The SMILES string of the molecule is CC[C@@H](C)[C@@H](NC(=O)c1cccc([N+](=O)[O-])c1)C(=O)OC. The molecule has 0 saturated carbocycles. The van der Waals surface area contributed by atoms with Gasteiger partial charge in [0.25, 0.3) is 11.6 Å². The number of esters is 1. The molecule has 0 unspecified atom stereocenters. The van der Waals surface area contributed by atoms with E-state index in [-0.39, 0.29) is 17.2 Å². The van der Waals surface area contributed by atoms with Gasteiger partial charge in [0.2, 0.25) is 0 Å². The van der Waals surface area contributed by atoms with Crippen molar-refractivity contribution in [3.8, 4) is 0 Å². The minimum absolute atomic E-state index is 0.111. The van der Waals surface area contributed by atoms with E-state index in [1.54, 1.807) is 0 Å². The maximum atomic E-state index is 12.1. The van der Waals surface area contributed by atoms with Crippen LogP contribution in [0, 0.1) is 16.0 Å². The van der Waals surface area contributed by atoms with E-state index in [1.165, 1.54) is 31.4 Å². The number of nitrogens with one attached hydrogen (secondary N) is 1. The summed E-state index contributed by atoms with van der Waals surface area (Å²) in [6, 6.07) is 4.55. The lowest BCUT2D eigenvalue weighted by Gasteiger charge is -2.21. The highest BCUT2D eigenvalue weighted by Crippen LogP contribution is 2.15. The van der Waals surface area contributed by atoms with Crippen molar-refractivity contribution in [2.24, 2.45) is 5.92 Å². The van der Waals surface area contributed by atoms with Crippen molar-refractivity contribution in [1.29, 1.82) is 0 Å². The quantitative estimate of drug-likeness (QED) is 0.491. The second-order valence-corrected chi connectivity index (χ2v) is 4.67. The van der Waals surface area contributed by atoms with Gasteiger partial charge in [-0.25, -0.2) is 4.79 Å². The molecule has 1 rings (SSSR count). The van der Waals surface area contributed by atoms with Crippen LogP contribution in [0.1, 0.15) is 30.6 Å². The van der Waals surface area contributed by atoms with Crippen LogP contribution in [-0.4, -0.2) is 30.0 Å². The lowest BCUT2D eigenvalue weighted by atomic mass is 9.99. The largest absolute Gasteiger partial charge is 0.467 e. The summed E-state index contributed by atoms with van der Waals surface area (Å²) in [5.74, 6) is -1.20. The molecule has 1 aromatic carbocycles. The highest BCUT2D eigenvalue weighted by Gasteiger charge is 2.27. The van der Waals surface area contributed by atoms with Crippen LogP contribution in [0.3, 0.4) is 0 Å². The molecule has 114 valence electrons. The van der Waals surface area contributed by atoms with Gasteiger partial charge in [0, 0.05) is 17.7 Å². The number of nitro groups is 1. The zero-order valence-corrected chi connectivity index (χ0v) is 12.2. The van der Waals surface area contributed by atoms with Gasteiger partial charge in [-0.3, -0.25) is 14.9 Å². The zero-order valence-electron chi connectivity index (χ0n) is 12.2. The van der Waals surface area contributed by atoms with Gasteiger partial charge in [-0.1, -0.05) is 26.3 Å². The van der Waals surface area contributed by atoms with Crippen LogP contribution in [0.15, 0.2) is 24.3 Å². The fourth-order valence-corrected chi connectivity index (χ4v) is 1.78. The first-order chi connectivity index (χ1) is 9.90. The Balaban J connectivity index is 2.94. The molecule has 1 aromatic rings. The molecular weight excluding hydrogens is 276 g/mol. The number of hydrogen-bond donors (Lipinski definition) is 1. The number of ether oxygens (including phenoxy) is 1. The predicted octanol–water partition coefficient (Wildman–Crippen LogP) is 1.91. The molecule has 1 N–H and O–H groups in total. The van der Waals surface area contributed by atoms with Gasteiger partial charge in [-0.15, -0.1) is 0 Å². The average molecular weight is 294 g/mol. The third kappa shape index (κ3) is 4.27. The molecule has 0 saturated heterocycles. The van der Waals surface area contributed by atoms with E-state index in [0.29, 0.717) is 6.42 Å². The normalized spacial score (nSPS) is 13.1. The van der Waals surface area contributed by atoms with Crippen molar-refractivity contribution in [2.75, 3.05) is 7.11 Å². The van der Waals surface area contributed by atoms with Crippen LogP contribution in [0.4, 0.5) is 5.69 Å². The van der Waals surface area contributed by atoms with E-state index in [2.05, 4.69) is 10.1 Å². The Labute approximate surface area is 122 Å². The molecule has 0 heterocycles. The van der Waals surface area contributed by atoms with Crippen molar-refractivity contribution < 1.29 is 19.2 Å². The van der Waals surface area contributed by atoms with E-state index in [1.807, 2.05) is 13.8 Å². The molecule has 0 radical (unpaired) electrons. The Morgan fingerprint density at radius 3 is 2.62 bits per heavy atom. The van der Waals surface area contributed by atoms with Crippen molar-refractivity contribution in [3.63, 3.8) is 0 Å². The maximum absolute atomic E-state index is 12.1. The minimum atomic E-state index is -0.785. The summed E-state index contributed by atoms with van der Waals surface area (Å²) >= 11 is 0. The fourth-order valence-electron chi connectivity index (χ4n) is 1.78. The highest BCUT2D eigenvalue weighted by molar-refractivity contribution is 5.97. The third-order valence-corrected chi connectivity index (χ3v) is 3.27. The zero-order chi connectivity index (χ0) is 16.0. The number of rotatable bonds is 6. The Morgan fingerprint density at radius 2 is 2.10 bits per heavy atom. The number of methoxy groups -OCH3 is 1. The monoisotopic (exact) mass is 294 g/mol. The number of carbonyl (C=O) groups is 2. The summed E-state index contributed by atoms with van der Waals surface area (Å²) < 4.78 is 4.67.